The van der Waals surface area contributed by atoms with E-state index in [-0.39, 0.29) is 6.10 Å². The molecule has 2 N–H and O–H groups in total. The van der Waals surface area contributed by atoms with Gasteiger partial charge in [-0.3, -0.25) is 4.99 Å². The standard InChI is InChI=1S/C21H33N3O3/c1-2-22-21(23-14-18(25)16-26-15-17-8-9-17)24-12-10-20(11-13-24)27-19-6-4-3-5-7-19/h3-7,17-18,20,25H,2,8-16H2,1H3,(H,22,23). The number of hydrogen-bond donors (Lipinski definition) is 2. The Hall–Kier alpha value is -1.79. The van der Waals surface area contributed by atoms with Crippen LogP contribution < -0.4 is 10.1 Å². The first kappa shape index (κ1) is 20.0. The van der Waals surface area contributed by atoms with Crippen molar-refractivity contribution in [2.75, 3.05) is 39.4 Å². The summed E-state index contributed by atoms with van der Waals surface area (Å²) in [6.07, 6.45) is 4.16. The fraction of sp³-hybridized carbons (Fsp3) is 0.667. The van der Waals surface area contributed by atoms with Gasteiger partial charge in [0, 0.05) is 39.1 Å². The maximum Gasteiger partial charge on any atom is 0.194 e. The van der Waals surface area contributed by atoms with Crippen LogP contribution in [-0.4, -0.2) is 67.6 Å². The van der Waals surface area contributed by atoms with Gasteiger partial charge in [0.2, 0.25) is 0 Å². The van der Waals surface area contributed by atoms with Gasteiger partial charge in [-0.1, -0.05) is 18.2 Å². The van der Waals surface area contributed by atoms with E-state index in [4.69, 9.17) is 9.47 Å². The van der Waals surface area contributed by atoms with E-state index in [0.717, 1.165) is 56.7 Å². The Bertz CT molecular complexity index is 569. The van der Waals surface area contributed by atoms with E-state index >= 15 is 0 Å². The van der Waals surface area contributed by atoms with Gasteiger partial charge in [-0.2, -0.15) is 0 Å². The third-order valence-corrected chi connectivity index (χ3v) is 4.93. The largest absolute Gasteiger partial charge is 0.490 e. The maximum atomic E-state index is 10.1. The minimum absolute atomic E-state index is 0.243. The summed E-state index contributed by atoms with van der Waals surface area (Å²) < 4.78 is 11.6. The summed E-state index contributed by atoms with van der Waals surface area (Å²) in [6.45, 7) is 6.19. The summed E-state index contributed by atoms with van der Waals surface area (Å²) in [4.78, 5) is 6.88. The SMILES string of the molecule is CCNC(=NCC(O)COCC1CC1)N1CCC(Oc2ccccc2)CC1. The van der Waals surface area contributed by atoms with Crippen molar-refractivity contribution >= 4 is 5.96 Å². The predicted molar refractivity (Wildman–Crippen MR) is 107 cm³/mol. The van der Waals surface area contributed by atoms with Gasteiger partial charge in [0.1, 0.15) is 11.9 Å². The van der Waals surface area contributed by atoms with Crippen molar-refractivity contribution in [2.45, 2.75) is 44.8 Å². The van der Waals surface area contributed by atoms with Crippen molar-refractivity contribution in [3.8, 4) is 5.75 Å². The number of para-hydroxylation sites is 1. The Morgan fingerprint density at radius 3 is 2.63 bits per heavy atom. The van der Waals surface area contributed by atoms with E-state index in [2.05, 4.69) is 22.1 Å². The van der Waals surface area contributed by atoms with Crippen molar-refractivity contribution in [1.82, 2.24) is 10.2 Å². The van der Waals surface area contributed by atoms with Crippen LogP contribution in [0.5, 0.6) is 5.75 Å². The van der Waals surface area contributed by atoms with Crippen LogP contribution in [0.3, 0.4) is 0 Å². The zero-order valence-corrected chi connectivity index (χ0v) is 16.3. The van der Waals surface area contributed by atoms with E-state index in [1.165, 1.54) is 12.8 Å². The van der Waals surface area contributed by atoms with Crippen LogP contribution >= 0.6 is 0 Å². The summed E-state index contributed by atoms with van der Waals surface area (Å²) in [6, 6.07) is 10.0. The number of aliphatic hydroxyl groups excluding tert-OH is 1. The van der Waals surface area contributed by atoms with Gasteiger partial charge in [0.15, 0.2) is 5.96 Å². The Kier molecular flexibility index (Phi) is 7.78. The van der Waals surface area contributed by atoms with Gasteiger partial charge in [-0.15, -0.1) is 0 Å². The number of nitrogens with one attached hydrogen (secondary N) is 1. The molecule has 1 aliphatic carbocycles. The van der Waals surface area contributed by atoms with Crippen LogP contribution in [0, 0.1) is 5.92 Å². The van der Waals surface area contributed by atoms with Crippen molar-refractivity contribution in [1.29, 1.82) is 0 Å². The minimum Gasteiger partial charge on any atom is -0.490 e. The Labute approximate surface area is 162 Å². The van der Waals surface area contributed by atoms with Gasteiger partial charge in [-0.05, 0) is 37.8 Å². The van der Waals surface area contributed by atoms with Crippen molar-refractivity contribution in [3.05, 3.63) is 30.3 Å². The Morgan fingerprint density at radius 2 is 1.96 bits per heavy atom. The lowest BCUT2D eigenvalue weighted by molar-refractivity contribution is 0.0366. The minimum atomic E-state index is -0.545. The molecule has 3 rings (SSSR count). The molecule has 0 radical (unpaired) electrons. The van der Waals surface area contributed by atoms with Crippen LogP contribution in [0.15, 0.2) is 35.3 Å². The monoisotopic (exact) mass is 375 g/mol. The first-order valence-electron chi connectivity index (χ1n) is 10.3. The summed E-state index contributed by atoms with van der Waals surface area (Å²) in [7, 11) is 0. The fourth-order valence-electron chi connectivity index (χ4n) is 3.20. The number of guanidine groups is 1. The molecule has 2 fully saturated rings. The molecular weight excluding hydrogens is 342 g/mol. The van der Waals surface area contributed by atoms with Crippen LogP contribution in [0.25, 0.3) is 0 Å². The van der Waals surface area contributed by atoms with Crippen LogP contribution in [0.4, 0.5) is 0 Å². The molecule has 2 aliphatic rings. The normalized spacial score (nSPS) is 19.8. The molecule has 1 atom stereocenters. The number of hydrogen-bond acceptors (Lipinski definition) is 4. The highest BCUT2D eigenvalue weighted by Crippen LogP contribution is 2.28. The van der Waals surface area contributed by atoms with Gasteiger partial charge in [0.05, 0.1) is 19.3 Å². The fourth-order valence-corrected chi connectivity index (χ4v) is 3.20. The summed E-state index contributed by atoms with van der Waals surface area (Å²) in [5.41, 5.74) is 0. The van der Waals surface area contributed by atoms with Crippen molar-refractivity contribution < 1.29 is 14.6 Å². The number of rotatable bonds is 9. The second-order valence-corrected chi connectivity index (χ2v) is 7.45. The number of aliphatic imine (C=N–C) groups is 1. The van der Waals surface area contributed by atoms with E-state index in [1.807, 2.05) is 30.3 Å². The number of piperidine rings is 1. The molecule has 1 aromatic carbocycles. The van der Waals surface area contributed by atoms with Crippen LogP contribution in [0.1, 0.15) is 32.6 Å². The molecule has 1 saturated carbocycles. The number of benzene rings is 1. The van der Waals surface area contributed by atoms with E-state index in [9.17, 15) is 5.11 Å². The summed E-state index contributed by atoms with van der Waals surface area (Å²) in [5, 5.41) is 13.4. The molecule has 1 aliphatic heterocycles. The molecule has 27 heavy (non-hydrogen) atoms. The second kappa shape index (κ2) is 10.5. The maximum absolute atomic E-state index is 10.1. The molecule has 150 valence electrons. The summed E-state index contributed by atoms with van der Waals surface area (Å²) >= 11 is 0. The van der Waals surface area contributed by atoms with E-state index in [0.29, 0.717) is 13.2 Å². The Balaban J connectivity index is 1.42. The molecule has 0 spiro atoms. The molecule has 1 saturated heterocycles. The topological polar surface area (TPSA) is 66.3 Å². The zero-order chi connectivity index (χ0) is 18.9. The van der Waals surface area contributed by atoms with Crippen molar-refractivity contribution in [3.63, 3.8) is 0 Å². The highest BCUT2D eigenvalue weighted by atomic mass is 16.5. The quantitative estimate of drug-likeness (QED) is 0.512. The van der Waals surface area contributed by atoms with Gasteiger partial charge in [-0.25, -0.2) is 0 Å². The average Bonchev–Trinajstić information content (AvgIpc) is 3.51. The number of ether oxygens (including phenoxy) is 2. The number of aliphatic hydroxyl groups is 1. The number of nitrogens with zero attached hydrogens (tertiary/aromatic N) is 2. The molecule has 6 heteroatoms. The third-order valence-electron chi connectivity index (χ3n) is 4.93. The molecule has 0 aromatic heterocycles. The second-order valence-electron chi connectivity index (χ2n) is 7.45. The summed E-state index contributed by atoms with van der Waals surface area (Å²) in [5.74, 6) is 2.53. The molecule has 1 heterocycles. The van der Waals surface area contributed by atoms with E-state index in [1.54, 1.807) is 0 Å². The van der Waals surface area contributed by atoms with Gasteiger partial charge < -0.3 is 24.8 Å². The predicted octanol–water partition coefficient (Wildman–Crippen LogP) is 2.28. The molecule has 6 nitrogen and oxygen atoms in total. The molecule has 1 aromatic rings. The van der Waals surface area contributed by atoms with E-state index < -0.39 is 6.10 Å². The first-order chi connectivity index (χ1) is 13.2. The van der Waals surface area contributed by atoms with Crippen LogP contribution in [0.2, 0.25) is 0 Å². The number of likely N-dealkylation sites (tertiary alicyclic amines) is 1. The van der Waals surface area contributed by atoms with Crippen LogP contribution in [-0.2, 0) is 4.74 Å². The highest BCUT2D eigenvalue weighted by molar-refractivity contribution is 5.80. The first-order valence-corrected chi connectivity index (χ1v) is 10.3. The molecule has 1 unspecified atom stereocenters. The lowest BCUT2D eigenvalue weighted by Gasteiger charge is -2.34. The molecule has 0 bridgehead atoms. The average molecular weight is 376 g/mol. The third kappa shape index (κ3) is 7.03. The molecular formula is C21H33N3O3. The smallest absolute Gasteiger partial charge is 0.194 e. The lowest BCUT2D eigenvalue weighted by atomic mass is 10.1. The van der Waals surface area contributed by atoms with Gasteiger partial charge in [0.25, 0.3) is 0 Å². The van der Waals surface area contributed by atoms with Crippen molar-refractivity contribution in [2.24, 2.45) is 10.9 Å². The zero-order valence-electron chi connectivity index (χ0n) is 16.3. The Morgan fingerprint density at radius 1 is 1.22 bits per heavy atom. The van der Waals surface area contributed by atoms with Gasteiger partial charge >= 0.3 is 0 Å². The molecule has 0 amide bonds. The highest BCUT2D eigenvalue weighted by Gasteiger charge is 2.23. The lowest BCUT2D eigenvalue weighted by Crippen LogP contribution is -2.47.